The van der Waals surface area contributed by atoms with Gasteiger partial charge in [0.05, 0.1) is 19.4 Å². The van der Waals surface area contributed by atoms with Gasteiger partial charge in [0.15, 0.2) is 0 Å². The highest BCUT2D eigenvalue weighted by atomic mass is 19.3. The van der Waals surface area contributed by atoms with E-state index in [2.05, 4.69) is 21.9 Å². The number of carbonyl (C=O) groups is 1. The van der Waals surface area contributed by atoms with Crippen molar-refractivity contribution in [3.05, 3.63) is 42.2 Å². The molecule has 2 aliphatic rings. The molecule has 3 aromatic rings. The monoisotopic (exact) mass is 518 g/mol. The predicted octanol–water partition coefficient (Wildman–Crippen LogP) is 5.41. The van der Waals surface area contributed by atoms with E-state index in [1.54, 1.807) is 12.1 Å². The lowest BCUT2D eigenvalue weighted by Crippen LogP contribution is -2.31. The molecule has 198 valence electrons. The maximum absolute atomic E-state index is 13.3. The van der Waals surface area contributed by atoms with Crippen LogP contribution in [0.2, 0.25) is 0 Å². The maximum atomic E-state index is 13.3. The molecule has 10 heteroatoms. The van der Waals surface area contributed by atoms with Crippen molar-refractivity contribution in [1.29, 1.82) is 0 Å². The summed E-state index contributed by atoms with van der Waals surface area (Å²) in [5.41, 5.74) is 1.39. The summed E-state index contributed by atoms with van der Waals surface area (Å²) in [5, 5.41) is 3.20. The highest BCUT2D eigenvalue weighted by Crippen LogP contribution is 2.40. The molecule has 1 N–H and O–H groups in total. The fraction of sp³-hybridized carbons (Fsp3) is 0.444. The van der Waals surface area contributed by atoms with Gasteiger partial charge in [0.25, 0.3) is 5.91 Å². The van der Waals surface area contributed by atoms with Crippen LogP contribution in [0.4, 0.5) is 13.2 Å². The number of methoxy groups -OCH3 is 1. The summed E-state index contributed by atoms with van der Waals surface area (Å²) in [4.78, 5) is 15.1. The Balaban J connectivity index is 1.40. The summed E-state index contributed by atoms with van der Waals surface area (Å²) in [6.45, 7) is 1.54. The minimum atomic E-state index is -3.18. The van der Waals surface area contributed by atoms with Gasteiger partial charge in [-0.1, -0.05) is 0 Å². The lowest BCUT2D eigenvalue weighted by molar-refractivity contribution is -0.0502. The topological polar surface area (TPSA) is 73.2 Å². The quantitative estimate of drug-likeness (QED) is 0.387. The highest BCUT2D eigenvalue weighted by molar-refractivity contribution is 6.02. The number of alkyl halides is 3. The number of halogens is 3. The molecule has 37 heavy (non-hydrogen) atoms. The zero-order chi connectivity index (χ0) is 26.1. The van der Waals surface area contributed by atoms with Crippen LogP contribution in [0, 0.1) is 0 Å². The second-order valence-corrected chi connectivity index (χ2v) is 9.44. The smallest absolute Gasteiger partial charge is 0.387 e. The third kappa shape index (κ3) is 5.49. The van der Waals surface area contributed by atoms with Crippen molar-refractivity contribution in [3.63, 3.8) is 0 Å². The van der Waals surface area contributed by atoms with Gasteiger partial charge in [0, 0.05) is 36.0 Å². The minimum Gasteiger partial charge on any atom is -0.496 e. The van der Waals surface area contributed by atoms with Gasteiger partial charge in [-0.3, -0.25) is 9.69 Å². The van der Waals surface area contributed by atoms with Crippen molar-refractivity contribution in [2.45, 2.75) is 51.1 Å². The summed E-state index contributed by atoms with van der Waals surface area (Å²) in [6.07, 6.45) is 2.95. The van der Waals surface area contributed by atoms with Crippen LogP contribution in [0.5, 0.6) is 17.2 Å². The molecule has 1 amide bonds. The van der Waals surface area contributed by atoms with Gasteiger partial charge in [-0.2, -0.15) is 8.78 Å². The van der Waals surface area contributed by atoms with Crippen LogP contribution in [-0.2, 0) is 0 Å². The van der Waals surface area contributed by atoms with E-state index >= 15 is 0 Å². The first-order chi connectivity index (χ1) is 17.8. The Morgan fingerprint density at radius 2 is 2.03 bits per heavy atom. The van der Waals surface area contributed by atoms with Gasteiger partial charge in [-0.05, 0) is 56.1 Å². The highest BCUT2D eigenvalue weighted by Gasteiger charge is 2.40. The van der Waals surface area contributed by atoms with E-state index in [9.17, 15) is 18.0 Å². The molecule has 1 aromatic heterocycles. The lowest BCUT2D eigenvalue weighted by Gasteiger charge is -2.20. The number of nitrogens with one attached hydrogen (secondary N) is 1. The lowest BCUT2D eigenvalue weighted by atomic mass is 10.0. The van der Waals surface area contributed by atoms with Crippen molar-refractivity contribution in [2.75, 3.05) is 26.8 Å². The third-order valence-corrected chi connectivity index (χ3v) is 6.95. The Kier molecular flexibility index (Phi) is 7.19. The van der Waals surface area contributed by atoms with Crippen LogP contribution in [0.3, 0.4) is 0 Å². The van der Waals surface area contributed by atoms with E-state index in [1.165, 1.54) is 32.3 Å². The van der Waals surface area contributed by atoms with Gasteiger partial charge in [-0.15, -0.1) is 0 Å². The van der Waals surface area contributed by atoms with Gasteiger partial charge < -0.3 is 23.9 Å². The Morgan fingerprint density at radius 1 is 1.24 bits per heavy atom. The van der Waals surface area contributed by atoms with Gasteiger partial charge in [0.1, 0.15) is 41.2 Å². The Bertz CT molecular complexity index is 1280. The molecule has 2 fully saturated rings. The number of hydrogen-bond acceptors (Lipinski definition) is 6. The second-order valence-electron chi connectivity index (χ2n) is 9.44. The fourth-order valence-corrected chi connectivity index (χ4v) is 4.80. The normalized spacial score (nSPS) is 21.4. The molecule has 0 spiro atoms. The number of furan rings is 1. The van der Waals surface area contributed by atoms with Crippen LogP contribution in [0.15, 0.2) is 41.0 Å². The van der Waals surface area contributed by atoms with E-state index < -0.39 is 24.7 Å². The molecule has 7 nitrogen and oxygen atoms in total. The fourth-order valence-electron chi connectivity index (χ4n) is 4.80. The summed E-state index contributed by atoms with van der Waals surface area (Å²) in [6, 6.07) is 8.23. The SMILES string of the molecule is COc1cc(-c2coc3cc(OCCN4CCC[C@H]4C)ccc23)cc(OC(F)F)c1C(=O)N[C@@H]1C[C@@H]1F. The van der Waals surface area contributed by atoms with E-state index in [0.29, 0.717) is 35.1 Å². The zero-order valence-electron chi connectivity index (χ0n) is 20.6. The summed E-state index contributed by atoms with van der Waals surface area (Å²) in [5.74, 6) is -0.431. The number of likely N-dealkylation sites (tertiary alicyclic amines) is 1. The molecule has 3 atom stereocenters. The number of amides is 1. The molecule has 0 radical (unpaired) electrons. The van der Waals surface area contributed by atoms with Crippen molar-refractivity contribution < 1.29 is 36.6 Å². The molecule has 1 saturated heterocycles. The molecule has 0 unspecified atom stereocenters. The molecule has 2 heterocycles. The van der Waals surface area contributed by atoms with Crippen molar-refractivity contribution in [1.82, 2.24) is 10.2 Å². The molecule has 2 aromatic carbocycles. The second kappa shape index (κ2) is 10.5. The van der Waals surface area contributed by atoms with Crippen molar-refractivity contribution >= 4 is 16.9 Å². The van der Waals surface area contributed by atoms with Gasteiger partial charge in [-0.25, -0.2) is 4.39 Å². The van der Waals surface area contributed by atoms with Crippen molar-refractivity contribution in [3.8, 4) is 28.4 Å². The predicted molar refractivity (Wildman–Crippen MR) is 131 cm³/mol. The maximum Gasteiger partial charge on any atom is 0.387 e. The number of carbonyl (C=O) groups excluding carboxylic acids is 1. The van der Waals surface area contributed by atoms with E-state index in [0.717, 1.165) is 18.5 Å². The number of ether oxygens (including phenoxy) is 3. The minimum absolute atomic E-state index is 0.0205. The zero-order valence-corrected chi connectivity index (χ0v) is 20.6. The summed E-state index contributed by atoms with van der Waals surface area (Å²) < 4.78 is 61.5. The Morgan fingerprint density at radius 3 is 2.70 bits per heavy atom. The molecule has 5 rings (SSSR count). The van der Waals surface area contributed by atoms with Gasteiger partial charge in [0.2, 0.25) is 0 Å². The number of fused-ring (bicyclic) bond motifs is 1. The largest absolute Gasteiger partial charge is 0.496 e. The number of benzene rings is 2. The van der Waals surface area contributed by atoms with E-state index in [-0.39, 0.29) is 23.5 Å². The average molecular weight is 519 g/mol. The summed E-state index contributed by atoms with van der Waals surface area (Å²) in [7, 11) is 1.32. The first-order valence-corrected chi connectivity index (χ1v) is 12.3. The Hall–Kier alpha value is -3.40. The van der Waals surface area contributed by atoms with Crippen LogP contribution >= 0.6 is 0 Å². The number of hydrogen-bond donors (Lipinski definition) is 1. The first kappa shape index (κ1) is 25.3. The molecular weight excluding hydrogens is 489 g/mol. The van der Waals surface area contributed by atoms with Crippen LogP contribution < -0.4 is 19.5 Å². The van der Waals surface area contributed by atoms with E-state index in [4.69, 9.17) is 13.9 Å². The summed E-state index contributed by atoms with van der Waals surface area (Å²) >= 11 is 0. The molecular formula is C27H29F3N2O5. The first-order valence-electron chi connectivity index (χ1n) is 12.3. The molecule has 1 saturated carbocycles. The van der Waals surface area contributed by atoms with Crippen LogP contribution in [-0.4, -0.2) is 62.5 Å². The molecule has 1 aliphatic heterocycles. The van der Waals surface area contributed by atoms with Crippen LogP contribution in [0.1, 0.15) is 36.5 Å². The van der Waals surface area contributed by atoms with Crippen LogP contribution in [0.25, 0.3) is 22.1 Å². The number of rotatable bonds is 10. The Labute approximate surface area is 212 Å². The third-order valence-electron chi connectivity index (χ3n) is 6.95. The standard InChI is InChI=1S/C27H29F3N2O5/c1-15-4-3-7-32(15)8-9-35-17-5-6-18-19(14-36-22(18)12-17)16-10-23(34-2)25(24(11-16)37-27(29)30)26(33)31-21-13-20(21)28/h5-6,10-12,14-15,20-21,27H,3-4,7-9,13H2,1-2H3,(H,31,33)/t15-,20+,21-/m1/s1. The van der Waals surface area contributed by atoms with Gasteiger partial charge >= 0.3 is 6.61 Å². The average Bonchev–Trinajstić information content (AvgIpc) is 3.21. The molecule has 1 aliphatic carbocycles. The van der Waals surface area contributed by atoms with Crippen molar-refractivity contribution in [2.24, 2.45) is 0 Å². The molecule has 0 bridgehead atoms. The van der Waals surface area contributed by atoms with E-state index in [1.807, 2.05) is 12.1 Å². The number of nitrogens with zero attached hydrogens (tertiary/aromatic N) is 1.